The lowest BCUT2D eigenvalue weighted by Crippen LogP contribution is -2.24. The molecule has 0 saturated heterocycles. The molecular formula is C23H28N4O2. The van der Waals surface area contributed by atoms with Crippen LogP contribution in [0.2, 0.25) is 0 Å². The smallest absolute Gasteiger partial charge is 0.303 e. The molecule has 0 aliphatic heterocycles. The van der Waals surface area contributed by atoms with Gasteiger partial charge in [0.1, 0.15) is 0 Å². The van der Waals surface area contributed by atoms with Gasteiger partial charge in [0.25, 0.3) is 0 Å². The SMILES string of the molecule is NC(=NC1CCCC1)Nc1cccc(/C(=C\CCCC(=O)O)c2cccnc2)c1. The molecule has 4 N–H and O–H groups in total. The first-order valence-electron chi connectivity index (χ1n) is 10.1. The molecule has 0 radical (unpaired) electrons. The van der Waals surface area contributed by atoms with Crippen LogP contribution in [0.15, 0.2) is 59.9 Å². The maximum Gasteiger partial charge on any atom is 0.303 e. The highest BCUT2D eigenvalue weighted by atomic mass is 16.4. The van der Waals surface area contributed by atoms with Gasteiger partial charge in [0.05, 0.1) is 6.04 Å². The van der Waals surface area contributed by atoms with E-state index in [1.54, 1.807) is 6.20 Å². The van der Waals surface area contributed by atoms with Crippen molar-refractivity contribution in [2.75, 3.05) is 5.32 Å². The van der Waals surface area contributed by atoms with Crippen LogP contribution in [0.4, 0.5) is 5.69 Å². The van der Waals surface area contributed by atoms with Crippen LogP contribution in [0, 0.1) is 0 Å². The third kappa shape index (κ3) is 6.45. The second kappa shape index (κ2) is 10.4. The second-order valence-corrected chi connectivity index (χ2v) is 7.30. The first-order chi connectivity index (χ1) is 14.1. The Labute approximate surface area is 171 Å². The normalized spacial score (nSPS) is 15.4. The van der Waals surface area contributed by atoms with Crippen molar-refractivity contribution in [3.8, 4) is 0 Å². The lowest BCUT2D eigenvalue weighted by Gasteiger charge is -2.12. The fourth-order valence-electron chi connectivity index (χ4n) is 3.60. The van der Waals surface area contributed by atoms with E-state index in [1.165, 1.54) is 12.8 Å². The number of rotatable bonds is 8. The average Bonchev–Trinajstić information content (AvgIpc) is 3.21. The van der Waals surface area contributed by atoms with Gasteiger partial charge in [-0.3, -0.25) is 9.78 Å². The highest BCUT2D eigenvalue weighted by Gasteiger charge is 2.14. The highest BCUT2D eigenvalue weighted by molar-refractivity contribution is 5.93. The monoisotopic (exact) mass is 392 g/mol. The summed E-state index contributed by atoms with van der Waals surface area (Å²) in [6.07, 6.45) is 11.7. The number of guanidine groups is 1. The van der Waals surface area contributed by atoms with Gasteiger partial charge in [-0.2, -0.15) is 0 Å². The minimum atomic E-state index is -0.774. The summed E-state index contributed by atoms with van der Waals surface area (Å²) in [6.45, 7) is 0. The molecule has 1 aromatic heterocycles. The Morgan fingerprint density at radius 2 is 2.03 bits per heavy atom. The number of aliphatic carboxylic acids is 1. The van der Waals surface area contributed by atoms with Gasteiger partial charge in [-0.05, 0) is 55.0 Å². The molecule has 1 fully saturated rings. The molecule has 1 aliphatic rings. The number of carboxylic acid groups (broad SMARTS) is 1. The molecule has 0 unspecified atom stereocenters. The van der Waals surface area contributed by atoms with Gasteiger partial charge in [0.2, 0.25) is 0 Å². The van der Waals surface area contributed by atoms with Crippen LogP contribution in [0.5, 0.6) is 0 Å². The molecule has 29 heavy (non-hydrogen) atoms. The number of carbonyl (C=O) groups is 1. The van der Waals surface area contributed by atoms with Gasteiger partial charge in [-0.15, -0.1) is 0 Å². The molecule has 1 aliphatic carbocycles. The van der Waals surface area contributed by atoms with E-state index >= 15 is 0 Å². The van der Waals surface area contributed by atoms with E-state index < -0.39 is 5.97 Å². The summed E-state index contributed by atoms with van der Waals surface area (Å²) in [5.41, 5.74) is 10.0. The van der Waals surface area contributed by atoms with Crippen LogP contribution in [-0.4, -0.2) is 28.1 Å². The molecule has 1 aromatic carbocycles. The Balaban J connectivity index is 1.79. The van der Waals surface area contributed by atoms with Crippen LogP contribution >= 0.6 is 0 Å². The molecule has 1 saturated carbocycles. The van der Waals surface area contributed by atoms with Gasteiger partial charge in [0.15, 0.2) is 5.96 Å². The van der Waals surface area contributed by atoms with Crippen molar-refractivity contribution < 1.29 is 9.90 Å². The molecule has 3 rings (SSSR count). The fraction of sp³-hybridized carbons (Fsp3) is 0.348. The quantitative estimate of drug-likeness (QED) is 0.350. The number of nitrogens with one attached hydrogen (secondary N) is 1. The van der Waals surface area contributed by atoms with Crippen LogP contribution in [-0.2, 0) is 4.79 Å². The first-order valence-corrected chi connectivity index (χ1v) is 10.1. The predicted molar refractivity (Wildman–Crippen MR) is 117 cm³/mol. The zero-order valence-corrected chi connectivity index (χ0v) is 16.6. The van der Waals surface area contributed by atoms with Gasteiger partial charge in [-0.1, -0.05) is 37.1 Å². The van der Waals surface area contributed by atoms with E-state index in [2.05, 4.69) is 21.4 Å². The number of hydrogen-bond acceptors (Lipinski definition) is 3. The third-order valence-electron chi connectivity index (χ3n) is 5.01. The zero-order chi connectivity index (χ0) is 20.5. The van der Waals surface area contributed by atoms with Crippen molar-refractivity contribution in [2.45, 2.75) is 51.0 Å². The molecule has 6 nitrogen and oxygen atoms in total. The molecule has 0 atom stereocenters. The number of carboxylic acids is 1. The summed E-state index contributed by atoms with van der Waals surface area (Å²) >= 11 is 0. The summed E-state index contributed by atoms with van der Waals surface area (Å²) in [6, 6.07) is 12.2. The Morgan fingerprint density at radius 1 is 1.24 bits per heavy atom. The first kappa shape index (κ1) is 20.6. The molecule has 1 heterocycles. The predicted octanol–water partition coefficient (Wildman–Crippen LogP) is 4.44. The standard InChI is InChI=1S/C23H28N4O2/c24-23(26-19-9-1-2-10-19)27-20-11-5-7-17(15-20)21(12-3-4-13-22(28)29)18-8-6-14-25-16-18/h5-8,11-12,14-16,19H,1-4,9-10,13H2,(H,28,29)(H3,24,26,27)/b21-12+. The Kier molecular flexibility index (Phi) is 7.39. The summed E-state index contributed by atoms with van der Waals surface area (Å²) in [5, 5.41) is 12.1. The third-order valence-corrected chi connectivity index (χ3v) is 5.01. The van der Waals surface area contributed by atoms with Crippen molar-refractivity contribution >= 4 is 23.2 Å². The molecule has 2 aromatic rings. The van der Waals surface area contributed by atoms with Gasteiger partial charge in [-0.25, -0.2) is 4.99 Å². The number of anilines is 1. The van der Waals surface area contributed by atoms with E-state index in [0.717, 1.165) is 35.2 Å². The van der Waals surface area contributed by atoms with E-state index in [1.807, 2.05) is 42.6 Å². The van der Waals surface area contributed by atoms with Crippen LogP contribution < -0.4 is 11.1 Å². The number of aliphatic imine (C=N–C) groups is 1. The topological polar surface area (TPSA) is 101 Å². The molecule has 6 heteroatoms. The number of allylic oxidation sites excluding steroid dienone is 1. The van der Waals surface area contributed by atoms with E-state index in [9.17, 15) is 4.79 Å². The summed E-state index contributed by atoms with van der Waals surface area (Å²) < 4.78 is 0. The van der Waals surface area contributed by atoms with Crippen LogP contribution in [0.25, 0.3) is 5.57 Å². The number of pyridine rings is 1. The largest absolute Gasteiger partial charge is 0.481 e. The summed E-state index contributed by atoms with van der Waals surface area (Å²) in [4.78, 5) is 19.6. The Morgan fingerprint density at radius 3 is 2.76 bits per heavy atom. The number of unbranched alkanes of at least 4 members (excludes halogenated alkanes) is 1. The van der Waals surface area contributed by atoms with Crippen molar-refractivity contribution in [2.24, 2.45) is 10.7 Å². The van der Waals surface area contributed by atoms with E-state index in [4.69, 9.17) is 10.8 Å². The number of nitrogens with two attached hydrogens (primary N) is 1. The van der Waals surface area contributed by atoms with Gasteiger partial charge >= 0.3 is 5.97 Å². The Hall–Kier alpha value is -3.15. The minimum Gasteiger partial charge on any atom is -0.481 e. The highest BCUT2D eigenvalue weighted by Crippen LogP contribution is 2.26. The second-order valence-electron chi connectivity index (χ2n) is 7.30. The maximum absolute atomic E-state index is 10.8. The van der Waals surface area contributed by atoms with Gasteiger partial charge < -0.3 is 16.2 Å². The molecular weight excluding hydrogens is 364 g/mol. The number of benzene rings is 1. The van der Waals surface area contributed by atoms with E-state index in [-0.39, 0.29) is 6.42 Å². The molecule has 0 bridgehead atoms. The summed E-state index contributed by atoms with van der Waals surface area (Å²) in [7, 11) is 0. The number of nitrogens with zero attached hydrogens (tertiary/aromatic N) is 2. The van der Waals surface area contributed by atoms with Crippen molar-refractivity contribution in [3.05, 3.63) is 66.0 Å². The summed E-state index contributed by atoms with van der Waals surface area (Å²) in [5.74, 6) is -0.327. The van der Waals surface area contributed by atoms with E-state index in [0.29, 0.717) is 24.8 Å². The molecule has 0 spiro atoms. The number of hydrogen-bond donors (Lipinski definition) is 3. The number of aromatic nitrogens is 1. The van der Waals surface area contributed by atoms with Crippen molar-refractivity contribution in [1.29, 1.82) is 0 Å². The van der Waals surface area contributed by atoms with Crippen molar-refractivity contribution in [1.82, 2.24) is 4.98 Å². The lowest BCUT2D eigenvalue weighted by molar-refractivity contribution is -0.137. The fourth-order valence-corrected chi connectivity index (χ4v) is 3.60. The maximum atomic E-state index is 10.8. The average molecular weight is 393 g/mol. The van der Waals surface area contributed by atoms with Crippen molar-refractivity contribution in [3.63, 3.8) is 0 Å². The Bertz CT molecular complexity index is 871. The van der Waals surface area contributed by atoms with Crippen LogP contribution in [0.1, 0.15) is 56.1 Å². The lowest BCUT2D eigenvalue weighted by atomic mass is 9.97. The molecule has 152 valence electrons. The van der Waals surface area contributed by atoms with Crippen LogP contribution in [0.3, 0.4) is 0 Å². The minimum absolute atomic E-state index is 0.159. The zero-order valence-electron chi connectivity index (χ0n) is 16.6. The molecule has 0 amide bonds. The van der Waals surface area contributed by atoms with Gasteiger partial charge in [0, 0.05) is 30.1 Å².